The first-order valence-electron chi connectivity index (χ1n) is 5.06. The van der Waals surface area contributed by atoms with Crippen molar-refractivity contribution in [2.45, 2.75) is 45.4 Å². The van der Waals surface area contributed by atoms with Gasteiger partial charge in [-0.1, -0.05) is 32.6 Å². The molecule has 1 aliphatic rings. The van der Waals surface area contributed by atoms with Gasteiger partial charge >= 0.3 is 0 Å². The lowest BCUT2D eigenvalue weighted by Crippen LogP contribution is -2.22. The Kier molecular flexibility index (Phi) is 3.92. The quantitative estimate of drug-likeness (QED) is 0.666. The second kappa shape index (κ2) is 4.76. The molecular weight excluding hydrogens is 134 g/mol. The summed E-state index contributed by atoms with van der Waals surface area (Å²) in [6, 6.07) is 0. The highest BCUT2D eigenvalue weighted by Gasteiger charge is 2.19. The molecule has 1 saturated carbocycles. The van der Waals surface area contributed by atoms with Gasteiger partial charge in [0.25, 0.3) is 0 Å². The highest BCUT2D eigenvalue weighted by atomic mass is 14.6. The Hall–Kier alpha value is -0.0400. The highest BCUT2D eigenvalue weighted by molar-refractivity contribution is 4.73. The van der Waals surface area contributed by atoms with E-state index in [-0.39, 0.29) is 0 Å². The fourth-order valence-electron chi connectivity index (χ4n) is 2.29. The molecule has 0 aliphatic heterocycles. The summed E-state index contributed by atoms with van der Waals surface area (Å²) in [7, 11) is 0. The van der Waals surface area contributed by atoms with E-state index in [1.54, 1.807) is 0 Å². The second-order valence-electron chi connectivity index (χ2n) is 3.92. The Balaban J connectivity index is 2.21. The van der Waals surface area contributed by atoms with Crippen molar-refractivity contribution in [2.75, 3.05) is 6.54 Å². The average Bonchev–Trinajstić information content (AvgIpc) is 2.06. The minimum atomic E-state index is 0.847. The van der Waals surface area contributed by atoms with Crippen molar-refractivity contribution in [1.82, 2.24) is 0 Å². The maximum atomic E-state index is 5.66. The lowest BCUT2D eigenvalue weighted by molar-refractivity contribution is 0.258. The van der Waals surface area contributed by atoms with Crippen LogP contribution in [0.4, 0.5) is 0 Å². The average molecular weight is 155 g/mol. The summed E-state index contributed by atoms with van der Waals surface area (Å²) >= 11 is 0. The fourth-order valence-corrected chi connectivity index (χ4v) is 2.29. The maximum absolute atomic E-state index is 5.66. The van der Waals surface area contributed by atoms with Gasteiger partial charge in [-0.3, -0.25) is 0 Å². The van der Waals surface area contributed by atoms with E-state index in [0.717, 1.165) is 18.4 Å². The molecule has 0 aromatic rings. The Morgan fingerprint density at radius 2 is 2.00 bits per heavy atom. The molecule has 0 heterocycles. The van der Waals surface area contributed by atoms with Crippen LogP contribution in [0.2, 0.25) is 0 Å². The summed E-state index contributed by atoms with van der Waals surface area (Å²) in [4.78, 5) is 0. The highest BCUT2D eigenvalue weighted by Crippen LogP contribution is 2.30. The van der Waals surface area contributed by atoms with Crippen molar-refractivity contribution >= 4 is 0 Å². The number of nitrogens with two attached hydrogens (primary N) is 1. The van der Waals surface area contributed by atoms with Gasteiger partial charge in [0.05, 0.1) is 0 Å². The largest absolute Gasteiger partial charge is 0.330 e. The van der Waals surface area contributed by atoms with Gasteiger partial charge in [-0.25, -0.2) is 0 Å². The molecule has 1 fully saturated rings. The van der Waals surface area contributed by atoms with E-state index in [1.165, 1.54) is 38.5 Å². The molecular formula is C10H21N. The Morgan fingerprint density at radius 1 is 1.27 bits per heavy atom. The maximum Gasteiger partial charge on any atom is -0.00488 e. The van der Waals surface area contributed by atoms with E-state index in [2.05, 4.69) is 6.92 Å². The molecule has 0 aromatic carbocycles. The van der Waals surface area contributed by atoms with Crippen molar-refractivity contribution in [1.29, 1.82) is 0 Å². The van der Waals surface area contributed by atoms with Crippen LogP contribution in [0.3, 0.4) is 0 Å². The molecule has 0 saturated heterocycles. The topological polar surface area (TPSA) is 26.0 Å². The van der Waals surface area contributed by atoms with Crippen LogP contribution in [-0.4, -0.2) is 6.54 Å². The third-order valence-corrected chi connectivity index (χ3v) is 2.92. The molecule has 1 nitrogen and oxygen atoms in total. The van der Waals surface area contributed by atoms with E-state index in [9.17, 15) is 0 Å². The SMILES string of the molecule is CCCC1CCC[C@H](CN)C1. The zero-order valence-electron chi connectivity index (χ0n) is 7.68. The summed E-state index contributed by atoms with van der Waals surface area (Å²) < 4.78 is 0. The number of hydrogen-bond donors (Lipinski definition) is 1. The lowest BCUT2D eigenvalue weighted by Gasteiger charge is -2.27. The molecule has 0 radical (unpaired) electrons. The summed E-state index contributed by atoms with van der Waals surface area (Å²) in [6.07, 6.45) is 8.45. The molecule has 11 heavy (non-hydrogen) atoms. The monoisotopic (exact) mass is 155 g/mol. The summed E-state index contributed by atoms with van der Waals surface area (Å²) in [5.74, 6) is 1.85. The van der Waals surface area contributed by atoms with Gasteiger partial charge in [0.15, 0.2) is 0 Å². The first-order valence-corrected chi connectivity index (χ1v) is 5.06. The van der Waals surface area contributed by atoms with Crippen LogP contribution in [0.15, 0.2) is 0 Å². The minimum absolute atomic E-state index is 0.847. The zero-order chi connectivity index (χ0) is 8.10. The molecule has 0 aromatic heterocycles. The molecule has 0 bridgehead atoms. The van der Waals surface area contributed by atoms with Crippen molar-refractivity contribution in [3.05, 3.63) is 0 Å². The normalized spacial score (nSPS) is 32.2. The van der Waals surface area contributed by atoms with Gasteiger partial charge in [-0.2, -0.15) is 0 Å². The first-order chi connectivity index (χ1) is 5.36. The minimum Gasteiger partial charge on any atom is -0.330 e. The van der Waals surface area contributed by atoms with Gasteiger partial charge in [0.1, 0.15) is 0 Å². The van der Waals surface area contributed by atoms with Crippen LogP contribution in [-0.2, 0) is 0 Å². The molecule has 1 unspecified atom stereocenters. The van der Waals surface area contributed by atoms with Gasteiger partial charge in [-0.15, -0.1) is 0 Å². The fraction of sp³-hybridized carbons (Fsp3) is 1.00. The van der Waals surface area contributed by atoms with Crippen LogP contribution < -0.4 is 5.73 Å². The summed E-state index contributed by atoms with van der Waals surface area (Å²) in [5, 5.41) is 0. The van der Waals surface area contributed by atoms with Gasteiger partial charge in [-0.05, 0) is 31.2 Å². The van der Waals surface area contributed by atoms with Gasteiger partial charge < -0.3 is 5.73 Å². The molecule has 1 aliphatic carbocycles. The molecule has 0 spiro atoms. The Bertz CT molecular complexity index is 99.0. The number of rotatable bonds is 3. The third kappa shape index (κ3) is 2.82. The van der Waals surface area contributed by atoms with Crippen molar-refractivity contribution in [2.24, 2.45) is 17.6 Å². The van der Waals surface area contributed by atoms with Crippen LogP contribution in [0.25, 0.3) is 0 Å². The zero-order valence-corrected chi connectivity index (χ0v) is 7.68. The molecule has 1 heteroatoms. The smallest absolute Gasteiger partial charge is 0.00488 e. The van der Waals surface area contributed by atoms with Crippen molar-refractivity contribution in [3.8, 4) is 0 Å². The van der Waals surface area contributed by atoms with E-state index in [4.69, 9.17) is 5.73 Å². The van der Waals surface area contributed by atoms with E-state index >= 15 is 0 Å². The molecule has 2 N–H and O–H groups in total. The molecule has 2 atom stereocenters. The van der Waals surface area contributed by atoms with Crippen LogP contribution in [0, 0.1) is 11.8 Å². The summed E-state index contributed by atoms with van der Waals surface area (Å²) in [5.41, 5.74) is 5.66. The van der Waals surface area contributed by atoms with Gasteiger partial charge in [0.2, 0.25) is 0 Å². The van der Waals surface area contributed by atoms with E-state index < -0.39 is 0 Å². The number of hydrogen-bond acceptors (Lipinski definition) is 1. The van der Waals surface area contributed by atoms with Crippen molar-refractivity contribution < 1.29 is 0 Å². The van der Waals surface area contributed by atoms with Crippen molar-refractivity contribution in [3.63, 3.8) is 0 Å². The van der Waals surface area contributed by atoms with Crippen LogP contribution in [0.1, 0.15) is 45.4 Å². The molecule has 1 rings (SSSR count). The second-order valence-corrected chi connectivity index (χ2v) is 3.92. The van der Waals surface area contributed by atoms with E-state index in [1.807, 2.05) is 0 Å². The predicted molar refractivity (Wildman–Crippen MR) is 49.4 cm³/mol. The summed E-state index contributed by atoms with van der Waals surface area (Å²) in [6.45, 7) is 3.20. The van der Waals surface area contributed by atoms with Crippen LogP contribution >= 0.6 is 0 Å². The Labute approximate surface area is 70.4 Å². The van der Waals surface area contributed by atoms with Crippen LogP contribution in [0.5, 0.6) is 0 Å². The molecule has 66 valence electrons. The third-order valence-electron chi connectivity index (χ3n) is 2.92. The standard InChI is InChI=1S/C10H21N/c1-2-4-9-5-3-6-10(7-9)8-11/h9-10H,2-8,11H2,1H3/t9?,10-/m0/s1. The van der Waals surface area contributed by atoms with E-state index in [0.29, 0.717) is 0 Å². The van der Waals surface area contributed by atoms with Gasteiger partial charge in [0, 0.05) is 0 Å². The molecule has 0 amide bonds. The first kappa shape index (κ1) is 9.05. The lowest BCUT2D eigenvalue weighted by atomic mass is 9.79. The predicted octanol–water partition coefficient (Wildman–Crippen LogP) is 2.55. The Morgan fingerprint density at radius 3 is 2.64 bits per heavy atom.